The second kappa shape index (κ2) is 10.1. The van der Waals surface area contributed by atoms with E-state index in [4.69, 9.17) is 4.74 Å². The van der Waals surface area contributed by atoms with Crippen molar-refractivity contribution in [3.63, 3.8) is 0 Å². The maximum atomic E-state index is 10.0. The summed E-state index contributed by atoms with van der Waals surface area (Å²) in [5, 5.41) is 19.3. The lowest BCUT2D eigenvalue weighted by atomic mass is 9.77. The van der Waals surface area contributed by atoms with E-state index in [9.17, 15) is 10.2 Å². The first-order valence-corrected chi connectivity index (χ1v) is 8.87. The van der Waals surface area contributed by atoms with Gasteiger partial charge in [-0.15, -0.1) is 0 Å². The van der Waals surface area contributed by atoms with Crippen LogP contribution in [0, 0.1) is 10.8 Å². The summed E-state index contributed by atoms with van der Waals surface area (Å²) in [6.45, 7) is 4.19. The third-order valence-electron chi connectivity index (χ3n) is 4.89. The zero-order valence-electron chi connectivity index (χ0n) is 15.0. The van der Waals surface area contributed by atoms with Crippen LogP contribution >= 0.6 is 0 Å². The van der Waals surface area contributed by atoms with Crippen LogP contribution in [0.2, 0.25) is 0 Å². The molecule has 2 N–H and O–H groups in total. The van der Waals surface area contributed by atoms with Crippen LogP contribution in [0.15, 0.2) is 36.5 Å². The topological polar surface area (TPSA) is 49.7 Å². The normalized spacial score (nSPS) is 26.0. The van der Waals surface area contributed by atoms with Crippen molar-refractivity contribution >= 4 is 0 Å². The summed E-state index contributed by atoms with van der Waals surface area (Å²) < 4.78 is 5.09. The third-order valence-corrected chi connectivity index (χ3v) is 4.89. The van der Waals surface area contributed by atoms with E-state index in [0.717, 1.165) is 25.7 Å². The van der Waals surface area contributed by atoms with Crippen molar-refractivity contribution in [1.82, 2.24) is 0 Å². The minimum atomic E-state index is -0.841. The predicted molar refractivity (Wildman–Crippen MR) is 96.1 cm³/mol. The molecule has 3 heteroatoms. The summed E-state index contributed by atoms with van der Waals surface area (Å²) in [6.07, 6.45) is 19.6. The molecule has 0 aliphatic heterocycles. The third kappa shape index (κ3) is 6.25. The average Bonchev–Trinajstić information content (AvgIpc) is 2.57. The van der Waals surface area contributed by atoms with E-state index >= 15 is 0 Å². The minimum absolute atomic E-state index is 0.0571. The molecular weight excluding hydrogens is 288 g/mol. The molecule has 3 nitrogen and oxygen atoms in total. The molecule has 0 radical (unpaired) electrons. The molecule has 0 saturated heterocycles. The Balaban J connectivity index is 2.69. The smallest absolute Gasteiger partial charge is 0.159 e. The lowest BCUT2D eigenvalue weighted by Gasteiger charge is -2.33. The minimum Gasteiger partial charge on any atom is -0.396 e. The van der Waals surface area contributed by atoms with E-state index in [-0.39, 0.29) is 12.0 Å². The fourth-order valence-corrected chi connectivity index (χ4v) is 3.21. The Kier molecular flexibility index (Phi) is 8.82. The highest BCUT2D eigenvalue weighted by molar-refractivity contribution is 5.23. The molecule has 0 fully saturated rings. The van der Waals surface area contributed by atoms with Crippen molar-refractivity contribution in [3.05, 3.63) is 36.5 Å². The quantitative estimate of drug-likeness (QED) is 0.464. The van der Waals surface area contributed by atoms with Gasteiger partial charge in [0.05, 0.1) is 0 Å². The van der Waals surface area contributed by atoms with E-state index in [1.54, 1.807) is 0 Å². The number of methoxy groups -OCH3 is 1. The zero-order chi connectivity index (χ0) is 17.2. The fraction of sp³-hybridized carbons (Fsp3) is 0.700. The van der Waals surface area contributed by atoms with Crippen molar-refractivity contribution in [2.45, 2.75) is 65.1 Å². The van der Waals surface area contributed by atoms with Crippen LogP contribution in [0.4, 0.5) is 0 Å². The van der Waals surface area contributed by atoms with Crippen molar-refractivity contribution in [3.8, 4) is 0 Å². The number of hydrogen-bond donors (Lipinski definition) is 2. The molecule has 0 bridgehead atoms. The Bertz CT molecular complexity index is 413. The molecule has 0 amide bonds. The number of allylic oxidation sites excluding steroid dienone is 6. The molecule has 0 spiro atoms. The molecule has 3 unspecified atom stereocenters. The van der Waals surface area contributed by atoms with Crippen molar-refractivity contribution in [1.29, 1.82) is 0 Å². The Morgan fingerprint density at radius 3 is 2.61 bits per heavy atom. The monoisotopic (exact) mass is 322 g/mol. The Labute approximate surface area is 141 Å². The van der Waals surface area contributed by atoms with Gasteiger partial charge in [0.25, 0.3) is 0 Å². The van der Waals surface area contributed by atoms with Gasteiger partial charge in [-0.25, -0.2) is 0 Å². The molecule has 0 aromatic rings. The van der Waals surface area contributed by atoms with Crippen LogP contribution in [0.1, 0.15) is 58.8 Å². The van der Waals surface area contributed by atoms with Crippen LogP contribution in [0.25, 0.3) is 0 Å². The second-order valence-electron chi connectivity index (χ2n) is 6.87. The number of aliphatic hydroxyl groups excluding tert-OH is 2. The number of hydrogen-bond acceptors (Lipinski definition) is 3. The van der Waals surface area contributed by atoms with Crippen molar-refractivity contribution in [2.24, 2.45) is 10.8 Å². The van der Waals surface area contributed by atoms with Crippen LogP contribution in [0.3, 0.4) is 0 Å². The summed E-state index contributed by atoms with van der Waals surface area (Å²) >= 11 is 0. The number of rotatable bonds is 10. The summed E-state index contributed by atoms with van der Waals surface area (Å²) in [6, 6.07) is 0. The first-order chi connectivity index (χ1) is 11.0. The Hall–Kier alpha value is -0.900. The van der Waals surface area contributed by atoms with E-state index < -0.39 is 11.7 Å². The van der Waals surface area contributed by atoms with Gasteiger partial charge in [-0.05, 0) is 44.9 Å². The Morgan fingerprint density at radius 2 is 2.04 bits per heavy atom. The molecule has 0 heterocycles. The lowest BCUT2D eigenvalue weighted by molar-refractivity contribution is -0.159. The van der Waals surface area contributed by atoms with Gasteiger partial charge in [0.15, 0.2) is 6.29 Å². The van der Waals surface area contributed by atoms with E-state index in [1.807, 2.05) is 6.92 Å². The molecule has 1 aliphatic carbocycles. The average molecular weight is 322 g/mol. The van der Waals surface area contributed by atoms with Crippen LogP contribution in [-0.4, -0.2) is 30.2 Å². The van der Waals surface area contributed by atoms with Crippen LogP contribution < -0.4 is 0 Å². The first kappa shape index (κ1) is 20.1. The summed E-state index contributed by atoms with van der Waals surface area (Å²) in [5.74, 6) is 0. The molecule has 1 rings (SSSR count). The Morgan fingerprint density at radius 1 is 1.30 bits per heavy atom. The molecular formula is C20H34O3. The maximum Gasteiger partial charge on any atom is 0.159 e. The molecule has 0 aromatic heterocycles. The lowest BCUT2D eigenvalue weighted by Crippen LogP contribution is -2.34. The van der Waals surface area contributed by atoms with Crippen molar-refractivity contribution < 1.29 is 14.9 Å². The first-order valence-electron chi connectivity index (χ1n) is 8.87. The van der Waals surface area contributed by atoms with Gasteiger partial charge in [-0.3, -0.25) is 0 Å². The second-order valence-corrected chi connectivity index (χ2v) is 6.87. The van der Waals surface area contributed by atoms with E-state index in [1.165, 1.54) is 20.0 Å². The largest absolute Gasteiger partial charge is 0.396 e. The number of ether oxygens (including phenoxy) is 1. The summed E-state index contributed by atoms with van der Waals surface area (Å²) in [5.41, 5.74) is -0.357. The predicted octanol–water partition coefficient (Wildman–Crippen LogP) is 4.37. The van der Waals surface area contributed by atoms with Crippen LogP contribution in [0.5, 0.6) is 0 Å². The van der Waals surface area contributed by atoms with Gasteiger partial charge < -0.3 is 14.9 Å². The zero-order valence-corrected chi connectivity index (χ0v) is 15.0. The van der Waals surface area contributed by atoms with Gasteiger partial charge in [-0.2, -0.15) is 0 Å². The standard InChI is InChI=1S/C20H34O3/c1-4-5-12-20(13-7-6-8-14-20)15-10-9-11-19(2,16-17-21)18(22)23-3/h5,7,10,12-13,15,18,21-22H,4,6,8-9,11,14,16-17H2,1-3H3/b12-5-,15-10-. The molecule has 1 aliphatic rings. The highest BCUT2D eigenvalue weighted by atomic mass is 16.6. The fourth-order valence-electron chi connectivity index (χ4n) is 3.21. The molecule has 0 saturated carbocycles. The number of aliphatic hydroxyl groups is 2. The molecule has 0 aromatic carbocycles. The SMILES string of the molecule is CC/C=C\C1(/C=C\CCC(C)(CCO)C(O)OC)C=CCCC1. The molecule has 3 atom stereocenters. The maximum absolute atomic E-state index is 10.0. The van der Waals surface area contributed by atoms with E-state index in [0.29, 0.717) is 6.42 Å². The summed E-state index contributed by atoms with van der Waals surface area (Å²) in [7, 11) is 1.51. The van der Waals surface area contributed by atoms with Gasteiger partial charge in [-0.1, -0.05) is 50.3 Å². The van der Waals surface area contributed by atoms with Gasteiger partial charge in [0.2, 0.25) is 0 Å². The highest BCUT2D eigenvalue weighted by Crippen LogP contribution is 2.36. The van der Waals surface area contributed by atoms with Crippen LogP contribution in [-0.2, 0) is 4.74 Å². The van der Waals surface area contributed by atoms with Gasteiger partial charge >= 0.3 is 0 Å². The molecule has 23 heavy (non-hydrogen) atoms. The van der Waals surface area contributed by atoms with E-state index in [2.05, 4.69) is 43.4 Å². The van der Waals surface area contributed by atoms with Crippen molar-refractivity contribution in [2.75, 3.05) is 13.7 Å². The molecule has 132 valence electrons. The van der Waals surface area contributed by atoms with Gasteiger partial charge in [0, 0.05) is 24.5 Å². The highest BCUT2D eigenvalue weighted by Gasteiger charge is 2.32. The van der Waals surface area contributed by atoms with Gasteiger partial charge in [0.1, 0.15) is 0 Å². The summed E-state index contributed by atoms with van der Waals surface area (Å²) in [4.78, 5) is 0.